The van der Waals surface area contributed by atoms with E-state index in [2.05, 4.69) is 56.3 Å². The smallest absolute Gasteiger partial charge is 0.229 e. The van der Waals surface area contributed by atoms with Crippen LogP contribution in [0.25, 0.3) is 0 Å². The number of aromatic nitrogens is 4. The number of nitrogens with zero attached hydrogens (tertiary/aromatic N) is 6. The van der Waals surface area contributed by atoms with Gasteiger partial charge in [-0.3, -0.25) is 0 Å². The number of aryl methyl sites for hydroxylation is 1. The lowest BCUT2D eigenvalue weighted by molar-refractivity contribution is 0.122. The third-order valence-corrected chi connectivity index (χ3v) is 5.31. The number of morpholine rings is 1. The fourth-order valence-electron chi connectivity index (χ4n) is 3.82. The monoisotopic (exact) mass is 389 g/mol. The van der Waals surface area contributed by atoms with Crippen molar-refractivity contribution in [1.82, 2.24) is 19.9 Å². The normalized spacial score (nSPS) is 16.0. The van der Waals surface area contributed by atoms with Crippen LogP contribution < -0.4 is 15.1 Å². The number of ether oxygens (including phenoxy) is 1. The standard InChI is InChI=1S/C21H23N7O/c1-15-5-2-3-6-17(15)28-10-7-16-18(24-20-22-8-4-9-23-20)25-21(26-19(16)28)27-11-13-29-14-12-27/h2-6,8-9H,7,10-14H2,1H3,(H,22,23,24,25,26). The molecule has 1 fully saturated rings. The summed E-state index contributed by atoms with van der Waals surface area (Å²) < 4.78 is 5.50. The van der Waals surface area contributed by atoms with Gasteiger partial charge in [0.1, 0.15) is 11.6 Å². The number of hydrogen-bond acceptors (Lipinski definition) is 8. The van der Waals surface area contributed by atoms with E-state index in [1.807, 2.05) is 0 Å². The first kappa shape index (κ1) is 17.8. The van der Waals surface area contributed by atoms with Crippen LogP contribution in [-0.4, -0.2) is 52.8 Å². The SMILES string of the molecule is Cc1ccccc1N1CCc2c(Nc3ncccn3)nc(N3CCOCC3)nc21. The fourth-order valence-corrected chi connectivity index (χ4v) is 3.82. The average molecular weight is 389 g/mol. The molecule has 1 aromatic carbocycles. The highest BCUT2D eigenvalue weighted by Gasteiger charge is 2.29. The van der Waals surface area contributed by atoms with E-state index in [0.717, 1.165) is 43.3 Å². The molecule has 0 saturated carbocycles. The predicted octanol–water partition coefficient (Wildman–Crippen LogP) is 2.85. The van der Waals surface area contributed by atoms with Gasteiger partial charge in [-0.2, -0.15) is 9.97 Å². The molecule has 2 aromatic heterocycles. The van der Waals surface area contributed by atoms with Crippen LogP contribution in [0.5, 0.6) is 0 Å². The molecule has 5 rings (SSSR count). The van der Waals surface area contributed by atoms with Crippen LogP contribution in [-0.2, 0) is 11.2 Å². The van der Waals surface area contributed by atoms with Crippen LogP contribution in [0.2, 0.25) is 0 Å². The molecule has 0 amide bonds. The second kappa shape index (κ2) is 7.63. The summed E-state index contributed by atoms with van der Waals surface area (Å²) in [7, 11) is 0. The Hall–Kier alpha value is -3.26. The maximum atomic E-state index is 5.50. The molecule has 8 heteroatoms. The van der Waals surface area contributed by atoms with Crippen molar-refractivity contribution in [3.05, 3.63) is 53.9 Å². The highest BCUT2D eigenvalue weighted by molar-refractivity contribution is 5.75. The van der Waals surface area contributed by atoms with Gasteiger partial charge in [0, 0.05) is 43.3 Å². The predicted molar refractivity (Wildman–Crippen MR) is 112 cm³/mol. The molecular weight excluding hydrogens is 366 g/mol. The molecule has 0 unspecified atom stereocenters. The maximum absolute atomic E-state index is 5.50. The van der Waals surface area contributed by atoms with Gasteiger partial charge in [0.2, 0.25) is 11.9 Å². The zero-order chi connectivity index (χ0) is 19.6. The largest absolute Gasteiger partial charge is 0.378 e. The van der Waals surface area contributed by atoms with Gasteiger partial charge in [-0.25, -0.2) is 9.97 Å². The lowest BCUT2D eigenvalue weighted by Gasteiger charge is -2.28. The molecule has 0 atom stereocenters. The van der Waals surface area contributed by atoms with E-state index < -0.39 is 0 Å². The number of fused-ring (bicyclic) bond motifs is 1. The summed E-state index contributed by atoms with van der Waals surface area (Å²) in [5.74, 6) is 2.98. The van der Waals surface area contributed by atoms with Gasteiger partial charge < -0.3 is 19.9 Å². The molecule has 148 valence electrons. The Kier molecular flexibility index (Phi) is 4.69. The minimum Gasteiger partial charge on any atom is -0.378 e. The zero-order valence-electron chi connectivity index (χ0n) is 16.4. The summed E-state index contributed by atoms with van der Waals surface area (Å²) in [6.45, 7) is 5.94. The average Bonchev–Trinajstić information content (AvgIpc) is 3.19. The molecule has 29 heavy (non-hydrogen) atoms. The van der Waals surface area contributed by atoms with Crippen LogP contribution in [0.3, 0.4) is 0 Å². The molecule has 2 aliphatic heterocycles. The Balaban J connectivity index is 1.59. The van der Waals surface area contributed by atoms with E-state index in [-0.39, 0.29) is 0 Å². The van der Waals surface area contributed by atoms with Gasteiger partial charge >= 0.3 is 0 Å². The minimum absolute atomic E-state index is 0.538. The van der Waals surface area contributed by atoms with Gasteiger partial charge in [-0.1, -0.05) is 18.2 Å². The van der Waals surface area contributed by atoms with Crippen molar-refractivity contribution in [2.75, 3.05) is 48.0 Å². The summed E-state index contributed by atoms with van der Waals surface area (Å²) in [5.41, 5.74) is 3.50. The van der Waals surface area contributed by atoms with Crippen molar-refractivity contribution in [1.29, 1.82) is 0 Å². The molecule has 0 bridgehead atoms. The van der Waals surface area contributed by atoms with E-state index in [0.29, 0.717) is 25.1 Å². The van der Waals surface area contributed by atoms with Crippen molar-refractivity contribution < 1.29 is 4.74 Å². The molecule has 0 aliphatic carbocycles. The molecule has 0 spiro atoms. The Morgan fingerprint density at radius 3 is 2.55 bits per heavy atom. The van der Waals surface area contributed by atoms with Crippen LogP contribution in [0, 0.1) is 6.92 Å². The molecule has 1 saturated heterocycles. The third-order valence-electron chi connectivity index (χ3n) is 5.31. The van der Waals surface area contributed by atoms with Crippen molar-refractivity contribution in [3.63, 3.8) is 0 Å². The van der Waals surface area contributed by atoms with Crippen LogP contribution in [0.15, 0.2) is 42.7 Å². The number of para-hydroxylation sites is 1. The fraction of sp³-hybridized carbons (Fsp3) is 0.333. The highest BCUT2D eigenvalue weighted by atomic mass is 16.5. The highest BCUT2D eigenvalue weighted by Crippen LogP contribution is 2.39. The number of anilines is 5. The zero-order valence-corrected chi connectivity index (χ0v) is 16.4. The Morgan fingerprint density at radius 2 is 1.76 bits per heavy atom. The maximum Gasteiger partial charge on any atom is 0.229 e. The van der Waals surface area contributed by atoms with Crippen molar-refractivity contribution >= 4 is 29.2 Å². The van der Waals surface area contributed by atoms with E-state index in [1.54, 1.807) is 18.5 Å². The number of nitrogens with one attached hydrogen (secondary N) is 1. The summed E-state index contributed by atoms with van der Waals surface area (Å²) in [4.78, 5) is 22.9. The van der Waals surface area contributed by atoms with Gasteiger partial charge in [0.25, 0.3) is 0 Å². The van der Waals surface area contributed by atoms with E-state index in [4.69, 9.17) is 14.7 Å². The second-order valence-corrected chi connectivity index (χ2v) is 7.16. The van der Waals surface area contributed by atoms with Gasteiger partial charge in [-0.05, 0) is 31.0 Å². The van der Waals surface area contributed by atoms with E-state index in [9.17, 15) is 0 Å². The summed E-state index contributed by atoms with van der Waals surface area (Å²) in [6, 6.07) is 10.2. The van der Waals surface area contributed by atoms with E-state index >= 15 is 0 Å². The minimum atomic E-state index is 0.538. The van der Waals surface area contributed by atoms with Gasteiger partial charge in [0.05, 0.1) is 13.2 Å². The number of benzene rings is 1. The molecule has 2 aliphatic rings. The van der Waals surface area contributed by atoms with Crippen LogP contribution >= 0.6 is 0 Å². The van der Waals surface area contributed by atoms with Crippen LogP contribution in [0.1, 0.15) is 11.1 Å². The molecule has 8 nitrogen and oxygen atoms in total. The Labute approximate surface area is 169 Å². The molecular formula is C21H23N7O. The summed E-state index contributed by atoms with van der Waals surface area (Å²) in [5, 5.41) is 3.31. The number of rotatable bonds is 4. The third kappa shape index (κ3) is 3.47. The molecule has 1 N–H and O–H groups in total. The second-order valence-electron chi connectivity index (χ2n) is 7.16. The summed E-state index contributed by atoms with van der Waals surface area (Å²) in [6.07, 6.45) is 4.31. The Morgan fingerprint density at radius 1 is 0.966 bits per heavy atom. The summed E-state index contributed by atoms with van der Waals surface area (Å²) >= 11 is 0. The lowest BCUT2D eigenvalue weighted by Crippen LogP contribution is -2.37. The first-order chi connectivity index (χ1) is 14.3. The van der Waals surface area contributed by atoms with Crippen molar-refractivity contribution in [3.8, 4) is 0 Å². The van der Waals surface area contributed by atoms with Crippen LogP contribution in [0.4, 0.5) is 29.2 Å². The lowest BCUT2D eigenvalue weighted by atomic mass is 10.2. The van der Waals surface area contributed by atoms with Gasteiger partial charge in [-0.15, -0.1) is 0 Å². The Bertz CT molecular complexity index is 1010. The molecule has 3 aromatic rings. The van der Waals surface area contributed by atoms with Crippen molar-refractivity contribution in [2.24, 2.45) is 0 Å². The number of hydrogen-bond donors (Lipinski definition) is 1. The molecule has 4 heterocycles. The van der Waals surface area contributed by atoms with Gasteiger partial charge in [0.15, 0.2) is 0 Å². The van der Waals surface area contributed by atoms with Crippen molar-refractivity contribution in [2.45, 2.75) is 13.3 Å². The first-order valence-corrected chi connectivity index (χ1v) is 9.90. The first-order valence-electron chi connectivity index (χ1n) is 9.90. The molecule has 0 radical (unpaired) electrons. The topological polar surface area (TPSA) is 79.3 Å². The quantitative estimate of drug-likeness (QED) is 0.730. The van der Waals surface area contributed by atoms with E-state index in [1.165, 1.54) is 11.3 Å².